The first-order chi connectivity index (χ1) is 8.77. The molecule has 2 N–H and O–H groups in total. The van der Waals surface area contributed by atoms with E-state index in [4.69, 9.17) is 11.6 Å². The van der Waals surface area contributed by atoms with Gasteiger partial charge in [0.2, 0.25) is 10.0 Å². The van der Waals surface area contributed by atoms with E-state index in [1.54, 1.807) is 0 Å². The van der Waals surface area contributed by atoms with Gasteiger partial charge in [0.1, 0.15) is 4.21 Å². The molecule has 1 rings (SSSR count). The van der Waals surface area contributed by atoms with E-state index in [0.29, 0.717) is 17.8 Å². The van der Waals surface area contributed by atoms with Gasteiger partial charge in [0, 0.05) is 12.6 Å². The highest BCUT2D eigenvalue weighted by Gasteiger charge is 2.25. The summed E-state index contributed by atoms with van der Waals surface area (Å²) >= 11 is 6.20. The Morgan fingerprint density at radius 3 is 2.74 bits per heavy atom. The summed E-state index contributed by atoms with van der Waals surface area (Å²) < 4.78 is 25.4. The van der Waals surface area contributed by atoms with Crippen molar-refractivity contribution in [3.63, 3.8) is 0 Å². The minimum absolute atomic E-state index is 0.139. The lowest BCUT2D eigenvalue weighted by atomic mass is 10.2. The molecule has 0 aliphatic rings. The molecule has 0 fully saturated rings. The van der Waals surface area contributed by atoms with Gasteiger partial charge in [-0.2, -0.15) is 0 Å². The van der Waals surface area contributed by atoms with E-state index in [2.05, 4.69) is 4.72 Å². The lowest BCUT2D eigenvalue weighted by Gasteiger charge is -2.09. The molecule has 1 aromatic heterocycles. The summed E-state index contributed by atoms with van der Waals surface area (Å²) in [4.78, 5) is 9.84. The second kappa shape index (κ2) is 6.62. The number of hydrogen-bond acceptors (Lipinski definition) is 6. The van der Waals surface area contributed by atoms with Crippen LogP contribution in [0.25, 0.3) is 0 Å². The number of aliphatic hydroxyl groups is 1. The van der Waals surface area contributed by atoms with Crippen LogP contribution in [0.4, 0.5) is 5.69 Å². The van der Waals surface area contributed by atoms with E-state index in [0.717, 1.165) is 12.5 Å². The molecule has 10 heteroatoms. The molecule has 7 nitrogen and oxygen atoms in total. The van der Waals surface area contributed by atoms with Crippen molar-refractivity contribution in [1.29, 1.82) is 0 Å². The number of thiophene rings is 1. The highest BCUT2D eigenvalue weighted by Crippen LogP contribution is 2.36. The Morgan fingerprint density at radius 1 is 1.63 bits per heavy atom. The van der Waals surface area contributed by atoms with Crippen LogP contribution in [0.2, 0.25) is 4.34 Å². The molecule has 0 bridgehead atoms. The van der Waals surface area contributed by atoms with Crippen molar-refractivity contribution in [3.05, 3.63) is 20.5 Å². The fraction of sp³-hybridized carbons (Fsp3) is 0.556. The predicted molar refractivity (Wildman–Crippen MR) is 72.1 cm³/mol. The van der Waals surface area contributed by atoms with E-state index in [1.807, 2.05) is 6.92 Å². The van der Waals surface area contributed by atoms with E-state index in [1.165, 1.54) is 0 Å². The molecule has 1 atom stereocenters. The number of nitrogens with one attached hydrogen (secondary N) is 1. The lowest BCUT2D eigenvalue weighted by Crippen LogP contribution is -2.31. The molecule has 1 heterocycles. The summed E-state index contributed by atoms with van der Waals surface area (Å²) in [7, 11) is -3.89. The molecule has 0 saturated carbocycles. The van der Waals surface area contributed by atoms with Crippen LogP contribution in [-0.4, -0.2) is 31.1 Å². The molecule has 1 aromatic rings. The normalized spacial score (nSPS) is 13.4. The molecule has 0 aliphatic carbocycles. The smallest absolute Gasteiger partial charge is 0.300 e. The van der Waals surface area contributed by atoms with Crippen molar-refractivity contribution in [2.24, 2.45) is 0 Å². The molecule has 1 unspecified atom stereocenters. The van der Waals surface area contributed by atoms with Gasteiger partial charge in [0.15, 0.2) is 4.34 Å². The van der Waals surface area contributed by atoms with Crippen LogP contribution in [0.1, 0.15) is 19.8 Å². The van der Waals surface area contributed by atoms with Crippen molar-refractivity contribution < 1.29 is 18.4 Å². The monoisotopic (exact) mass is 328 g/mol. The second-order valence-electron chi connectivity index (χ2n) is 3.78. The minimum Gasteiger partial charge on any atom is -0.392 e. The second-order valence-corrected chi connectivity index (χ2v) is 7.42. The quantitative estimate of drug-likeness (QED) is 0.585. The molecule has 0 spiro atoms. The summed E-state index contributed by atoms with van der Waals surface area (Å²) in [6.45, 7) is 1.72. The topological polar surface area (TPSA) is 110 Å². The average Bonchev–Trinajstić information content (AvgIpc) is 2.70. The first-order valence-electron chi connectivity index (χ1n) is 5.39. The Bertz CT molecular complexity index is 557. The van der Waals surface area contributed by atoms with Gasteiger partial charge in [0.25, 0.3) is 5.69 Å². The molecule has 0 saturated heterocycles. The molecule has 0 aliphatic heterocycles. The summed E-state index contributed by atoms with van der Waals surface area (Å²) in [5.41, 5.74) is -0.443. The Morgan fingerprint density at radius 2 is 2.26 bits per heavy atom. The largest absolute Gasteiger partial charge is 0.392 e. The van der Waals surface area contributed by atoms with Crippen LogP contribution in [-0.2, 0) is 10.0 Å². The minimum atomic E-state index is -3.89. The third-order valence-corrected chi connectivity index (χ3v) is 5.47. The van der Waals surface area contributed by atoms with E-state index >= 15 is 0 Å². The summed E-state index contributed by atoms with van der Waals surface area (Å²) in [5.74, 6) is 0. The zero-order valence-electron chi connectivity index (χ0n) is 10.00. The average molecular weight is 329 g/mol. The van der Waals surface area contributed by atoms with Crippen molar-refractivity contribution in [2.45, 2.75) is 30.1 Å². The maximum atomic E-state index is 11.8. The number of nitrogens with zero attached hydrogens (tertiary/aromatic N) is 1. The van der Waals surface area contributed by atoms with E-state index in [-0.39, 0.29) is 15.1 Å². The number of rotatable bonds is 7. The van der Waals surface area contributed by atoms with Crippen molar-refractivity contribution in [3.8, 4) is 0 Å². The molecule has 0 amide bonds. The Hall–Kier alpha value is -0.740. The highest BCUT2D eigenvalue weighted by molar-refractivity contribution is 7.91. The van der Waals surface area contributed by atoms with Crippen LogP contribution in [0.15, 0.2) is 10.3 Å². The maximum absolute atomic E-state index is 11.8. The van der Waals surface area contributed by atoms with Crippen LogP contribution >= 0.6 is 22.9 Å². The predicted octanol–water partition coefficient (Wildman–Crippen LogP) is 1.75. The van der Waals surface area contributed by atoms with Gasteiger partial charge in [-0.15, -0.1) is 11.3 Å². The number of aliphatic hydroxyl groups excluding tert-OH is 1. The third-order valence-electron chi connectivity index (χ3n) is 2.24. The van der Waals surface area contributed by atoms with E-state index in [9.17, 15) is 23.6 Å². The van der Waals surface area contributed by atoms with Crippen LogP contribution < -0.4 is 4.72 Å². The van der Waals surface area contributed by atoms with Gasteiger partial charge in [-0.1, -0.05) is 24.9 Å². The molecule has 108 valence electrons. The Balaban J connectivity index is 2.83. The van der Waals surface area contributed by atoms with Crippen LogP contribution in [0.5, 0.6) is 0 Å². The fourth-order valence-electron chi connectivity index (χ4n) is 1.31. The number of sulfonamides is 1. The van der Waals surface area contributed by atoms with Crippen molar-refractivity contribution in [2.75, 3.05) is 6.54 Å². The molecular weight excluding hydrogens is 316 g/mol. The maximum Gasteiger partial charge on any atom is 0.300 e. The first-order valence-corrected chi connectivity index (χ1v) is 8.07. The lowest BCUT2D eigenvalue weighted by molar-refractivity contribution is -0.384. The SMILES string of the molecule is CCCC(O)CNS(=O)(=O)c1cc([N+](=O)[O-])c(Cl)s1. The van der Waals surface area contributed by atoms with Crippen LogP contribution in [0.3, 0.4) is 0 Å². The summed E-state index contributed by atoms with van der Waals surface area (Å²) in [6.07, 6.45) is 0.401. The van der Waals surface area contributed by atoms with Gasteiger partial charge in [-0.05, 0) is 6.42 Å². The van der Waals surface area contributed by atoms with Crippen molar-refractivity contribution in [1.82, 2.24) is 4.72 Å². The van der Waals surface area contributed by atoms with Gasteiger partial charge in [-0.3, -0.25) is 10.1 Å². The van der Waals surface area contributed by atoms with E-state index < -0.39 is 26.7 Å². The molecule has 0 aromatic carbocycles. The zero-order chi connectivity index (χ0) is 14.6. The Kier molecular flexibility index (Phi) is 5.68. The Labute approximate surface area is 119 Å². The standard InChI is InChI=1S/C9H13ClN2O5S2/c1-2-3-6(13)5-11-19(16,17)8-4-7(12(14)15)9(10)18-8/h4,6,11,13H,2-3,5H2,1H3. The van der Waals surface area contributed by atoms with Gasteiger partial charge in [-0.25, -0.2) is 13.1 Å². The summed E-state index contributed by atoms with van der Waals surface area (Å²) in [6, 6.07) is 0.904. The first kappa shape index (κ1) is 16.3. The molecule has 0 radical (unpaired) electrons. The number of halogens is 1. The summed E-state index contributed by atoms with van der Waals surface area (Å²) in [5, 5.41) is 20.0. The molecule has 19 heavy (non-hydrogen) atoms. The fourth-order valence-corrected chi connectivity index (χ4v) is 4.09. The zero-order valence-corrected chi connectivity index (χ0v) is 12.4. The van der Waals surface area contributed by atoms with Gasteiger partial charge < -0.3 is 5.11 Å². The third kappa shape index (κ3) is 4.39. The molecular formula is C9H13ClN2O5S2. The van der Waals surface area contributed by atoms with Gasteiger partial charge in [0.05, 0.1) is 11.0 Å². The van der Waals surface area contributed by atoms with Gasteiger partial charge >= 0.3 is 0 Å². The van der Waals surface area contributed by atoms with Crippen LogP contribution in [0, 0.1) is 10.1 Å². The highest BCUT2D eigenvalue weighted by atomic mass is 35.5. The van der Waals surface area contributed by atoms with Crippen molar-refractivity contribution >= 4 is 38.6 Å². The number of nitro groups is 1. The number of hydrogen-bond donors (Lipinski definition) is 2.